The molecule has 0 aliphatic rings. The van der Waals surface area contributed by atoms with E-state index in [0.717, 1.165) is 22.3 Å². The number of nitrogens with zero attached hydrogens (tertiary/aromatic N) is 5. The van der Waals surface area contributed by atoms with Crippen molar-refractivity contribution in [2.75, 3.05) is 10.6 Å². The Bertz CT molecular complexity index is 1280. The third kappa shape index (κ3) is 4.28. The third-order valence-corrected chi connectivity index (χ3v) is 5.02. The van der Waals surface area contributed by atoms with Gasteiger partial charge in [-0.3, -0.25) is 9.78 Å². The fourth-order valence-corrected chi connectivity index (χ4v) is 3.30. The van der Waals surface area contributed by atoms with Crippen LogP contribution in [0, 0.1) is 6.92 Å². The predicted octanol–water partition coefficient (Wildman–Crippen LogP) is 4.14. The molecule has 0 saturated carbocycles. The largest absolute Gasteiger partial charge is 0.362 e. The second-order valence-corrected chi connectivity index (χ2v) is 7.31. The van der Waals surface area contributed by atoms with Gasteiger partial charge in [-0.15, -0.1) is 0 Å². The van der Waals surface area contributed by atoms with E-state index in [2.05, 4.69) is 37.3 Å². The SMILES string of the molecule is C=Cc1ncc(C(=O)Nc2cccc([C@H](C)Nc3cnc4cnn(C)c4n3)c2)cc1C. The zero-order chi connectivity index (χ0) is 22.0. The van der Waals surface area contributed by atoms with Gasteiger partial charge >= 0.3 is 0 Å². The van der Waals surface area contributed by atoms with E-state index >= 15 is 0 Å². The van der Waals surface area contributed by atoms with E-state index in [4.69, 9.17) is 0 Å². The maximum atomic E-state index is 12.6. The molecule has 0 radical (unpaired) electrons. The van der Waals surface area contributed by atoms with Gasteiger partial charge < -0.3 is 10.6 Å². The van der Waals surface area contributed by atoms with Gasteiger partial charge in [0, 0.05) is 18.9 Å². The van der Waals surface area contributed by atoms with Crippen LogP contribution < -0.4 is 10.6 Å². The summed E-state index contributed by atoms with van der Waals surface area (Å²) in [5.74, 6) is 0.443. The van der Waals surface area contributed by atoms with Gasteiger partial charge in [0.15, 0.2) is 5.65 Å². The summed E-state index contributed by atoms with van der Waals surface area (Å²) in [6.45, 7) is 7.65. The molecule has 2 N–H and O–H groups in total. The minimum absolute atomic E-state index is 0.0485. The molecule has 0 aliphatic carbocycles. The number of hydrogen-bond acceptors (Lipinski definition) is 6. The monoisotopic (exact) mass is 413 g/mol. The van der Waals surface area contributed by atoms with Gasteiger partial charge in [0.2, 0.25) is 0 Å². The van der Waals surface area contributed by atoms with Crippen LogP contribution in [-0.4, -0.2) is 30.6 Å². The highest BCUT2D eigenvalue weighted by Crippen LogP contribution is 2.22. The molecule has 4 aromatic rings. The molecule has 31 heavy (non-hydrogen) atoms. The first-order valence-electron chi connectivity index (χ1n) is 9.86. The van der Waals surface area contributed by atoms with Crippen LogP contribution in [0.4, 0.5) is 11.5 Å². The molecule has 1 atom stereocenters. The smallest absolute Gasteiger partial charge is 0.257 e. The molecule has 8 nitrogen and oxygen atoms in total. The number of pyridine rings is 1. The first-order valence-corrected chi connectivity index (χ1v) is 9.86. The molecule has 3 heterocycles. The van der Waals surface area contributed by atoms with Crippen LogP contribution >= 0.6 is 0 Å². The Hall–Kier alpha value is -4.07. The van der Waals surface area contributed by atoms with Crippen molar-refractivity contribution >= 4 is 34.7 Å². The molecule has 0 unspecified atom stereocenters. The minimum Gasteiger partial charge on any atom is -0.362 e. The van der Waals surface area contributed by atoms with Crippen molar-refractivity contribution < 1.29 is 4.79 Å². The maximum Gasteiger partial charge on any atom is 0.257 e. The summed E-state index contributed by atoms with van der Waals surface area (Å²) in [5, 5.41) is 10.5. The molecular formula is C23H23N7O. The summed E-state index contributed by atoms with van der Waals surface area (Å²) >= 11 is 0. The van der Waals surface area contributed by atoms with Crippen molar-refractivity contribution in [3.63, 3.8) is 0 Å². The zero-order valence-electron chi connectivity index (χ0n) is 17.6. The lowest BCUT2D eigenvalue weighted by atomic mass is 10.1. The number of rotatable bonds is 6. The summed E-state index contributed by atoms with van der Waals surface area (Å²) in [7, 11) is 1.83. The molecule has 1 aromatic carbocycles. The minimum atomic E-state index is -0.212. The van der Waals surface area contributed by atoms with Crippen molar-refractivity contribution in [3.05, 3.63) is 77.9 Å². The van der Waals surface area contributed by atoms with E-state index in [1.807, 2.05) is 45.2 Å². The third-order valence-electron chi connectivity index (χ3n) is 5.02. The molecule has 0 bridgehead atoms. The van der Waals surface area contributed by atoms with Gasteiger partial charge in [-0.2, -0.15) is 5.10 Å². The number of anilines is 2. The maximum absolute atomic E-state index is 12.6. The standard InChI is InChI=1S/C23H23N7O/c1-5-19-14(2)9-17(11-24-19)23(31)28-18-8-6-7-16(10-18)15(3)27-21-13-25-20-12-26-30(4)22(20)29-21/h5-13,15H,1H2,2-4H3,(H,27,29)(H,28,31)/t15-/m0/s1. The number of aromatic nitrogens is 5. The number of amides is 1. The van der Waals surface area contributed by atoms with Gasteiger partial charge in [0.25, 0.3) is 5.91 Å². The van der Waals surface area contributed by atoms with Crippen LogP contribution in [-0.2, 0) is 7.05 Å². The highest BCUT2D eigenvalue weighted by Gasteiger charge is 2.12. The Morgan fingerprint density at radius 1 is 1.19 bits per heavy atom. The molecule has 156 valence electrons. The van der Waals surface area contributed by atoms with Crippen LogP contribution in [0.2, 0.25) is 0 Å². The second kappa shape index (κ2) is 8.35. The summed E-state index contributed by atoms with van der Waals surface area (Å²) in [4.78, 5) is 25.9. The molecular weight excluding hydrogens is 390 g/mol. The van der Waals surface area contributed by atoms with Crippen molar-refractivity contribution in [2.24, 2.45) is 7.05 Å². The molecule has 8 heteroatoms. The van der Waals surface area contributed by atoms with Gasteiger partial charge in [-0.1, -0.05) is 18.7 Å². The zero-order valence-corrected chi connectivity index (χ0v) is 17.6. The molecule has 0 fully saturated rings. The average molecular weight is 413 g/mol. The topological polar surface area (TPSA) is 97.6 Å². The fraction of sp³-hybridized carbons (Fsp3) is 0.174. The van der Waals surface area contributed by atoms with E-state index in [9.17, 15) is 4.79 Å². The summed E-state index contributed by atoms with van der Waals surface area (Å²) in [5.41, 5.74) is 5.34. The van der Waals surface area contributed by atoms with E-state index in [-0.39, 0.29) is 11.9 Å². The lowest BCUT2D eigenvalue weighted by Gasteiger charge is -2.16. The predicted molar refractivity (Wildman–Crippen MR) is 122 cm³/mol. The van der Waals surface area contributed by atoms with Gasteiger partial charge in [-0.05, 0) is 49.2 Å². The number of hydrogen-bond donors (Lipinski definition) is 2. The van der Waals surface area contributed by atoms with Gasteiger partial charge in [0.1, 0.15) is 11.3 Å². The Morgan fingerprint density at radius 3 is 2.81 bits per heavy atom. The number of aryl methyl sites for hydroxylation is 2. The summed E-state index contributed by atoms with van der Waals surface area (Å²) in [6, 6.07) is 9.45. The quantitative estimate of drug-likeness (QED) is 0.493. The Balaban J connectivity index is 1.49. The molecule has 0 spiro atoms. The number of nitrogens with one attached hydrogen (secondary N) is 2. The van der Waals surface area contributed by atoms with E-state index in [1.54, 1.807) is 35.4 Å². The molecule has 0 aliphatic heterocycles. The first-order chi connectivity index (χ1) is 14.9. The van der Waals surface area contributed by atoms with E-state index < -0.39 is 0 Å². The first kappa shape index (κ1) is 20.2. The molecule has 4 rings (SSSR count). The van der Waals surface area contributed by atoms with Crippen molar-refractivity contribution in [1.82, 2.24) is 24.7 Å². The van der Waals surface area contributed by atoms with Crippen molar-refractivity contribution in [1.29, 1.82) is 0 Å². The lowest BCUT2D eigenvalue weighted by Crippen LogP contribution is -2.14. The number of fused-ring (bicyclic) bond motifs is 1. The van der Waals surface area contributed by atoms with Crippen molar-refractivity contribution in [2.45, 2.75) is 19.9 Å². The van der Waals surface area contributed by atoms with Crippen LogP contribution in [0.25, 0.3) is 17.2 Å². The Kier molecular flexibility index (Phi) is 5.44. The number of carbonyl (C=O) groups is 1. The summed E-state index contributed by atoms with van der Waals surface area (Å²) < 4.78 is 1.69. The number of benzene rings is 1. The van der Waals surface area contributed by atoms with Crippen LogP contribution in [0.5, 0.6) is 0 Å². The Labute approximate surface area is 180 Å². The van der Waals surface area contributed by atoms with Crippen LogP contribution in [0.15, 0.2) is 55.5 Å². The molecule has 0 saturated heterocycles. The summed E-state index contributed by atoms with van der Waals surface area (Å²) in [6.07, 6.45) is 6.60. The lowest BCUT2D eigenvalue weighted by molar-refractivity contribution is 0.102. The highest BCUT2D eigenvalue weighted by molar-refractivity contribution is 6.04. The Morgan fingerprint density at radius 2 is 2.03 bits per heavy atom. The molecule has 3 aromatic heterocycles. The second-order valence-electron chi connectivity index (χ2n) is 7.31. The van der Waals surface area contributed by atoms with Crippen LogP contribution in [0.1, 0.15) is 40.1 Å². The van der Waals surface area contributed by atoms with E-state index in [1.165, 1.54) is 0 Å². The van der Waals surface area contributed by atoms with Crippen LogP contribution in [0.3, 0.4) is 0 Å². The van der Waals surface area contributed by atoms with Crippen molar-refractivity contribution in [3.8, 4) is 0 Å². The van der Waals surface area contributed by atoms with E-state index in [0.29, 0.717) is 22.7 Å². The molecule has 1 amide bonds. The number of carbonyl (C=O) groups excluding carboxylic acids is 1. The van der Waals surface area contributed by atoms with Gasteiger partial charge in [0.05, 0.1) is 29.7 Å². The highest BCUT2D eigenvalue weighted by atomic mass is 16.1. The average Bonchev–Trinajstić information content (AvgIpc) is 3.14. The normalized spacial score (nSPS) is 11.8. The van der Waals surface area contributed by atoms with Gasteiger partial charge in [-0.25, -0.2) is 14.6 Å². The fourth-order valence-electron chi connectivity index (χ4n) is 3.30.